The number of hydrogen-bond acceptors (Lipinski definition) is 4. The Kier molecular flexibility index (Phi) is 4.72. The van der Waals surface area contributed by atoms with Gasteiger partial charge < -0.3 is 10.1 Å². The summed E-state index contributed by atoms with van der Waals surface area (Å²) in [5.74, 6) is -2.20. The third-order valence-electron chi connectivity index (χ3n) is 3.08. The molecule has 1 saturated heterocycles. The summed E-state index contributed by atoms with van der Waals surface area (Å²) < 4.78 is 42.6. The third kappa shape index (κ3) is 3.77. The van der Waals surface area contributed by atoms with Gasteiger partial charge >= 0.3 is 0 Å². The monoisotopic (exact) mass is 301 g/mol. The Balaban J connectivity index is 2.01. The SMILES string of the molecule is O=C(CS(=O)(=O)c1ccccc1F)NC1CCOCC1. The van der Waals surface area contributed by atoms with E-state index in [2.05, 4.69) is 5.32 Å². The number of sulfone groups is 1. The summed E-state index contributed by atoms with van der Waals surface area (Å²) in [7, 11) is -3.96. The van der Waals surface area contributed by atoms with E-state index in [1.807, 2.05) is 0 Å². The van der Waals surface area contributed by atoms with Gasteiger partial charge in [0.1, 0.15) is 16.5 Å². The van der Waals surface area contributed by atoms with Crippen molar-refractivity contribution < 1.29 is 22.3 Å². The van der Waals surface area contributed by atoms with E-state index in [4.69, 9.17) is 4.74 Å². The van der Waals surface area contributed by atoms with Crippen molar-refractivity contribution in [2.45, 2.75) is 23.8 Å². The number of nitrogens with one attached hydrogen (secondary N) is 1. The fourth-order valence-corrected chi connectivity index (χ4v) is 3.29. The van der Waals surface area contributed by atoms with Gasteiger partial charge in [-0.15, -0.1) is 0 Å². The molecule has 0 atom stereocenters. The Hall–Kier alpha value is -1.47. The number of hydrogen-bond donors (Lipinski definition) is 1. The van der Waals surface area contributed by atoms with Crippen LogP contribution in [0.3, 0.4) is 0 Å². The molecule has 0 bridgehead atoms. The molecule has 20 heavy (non-hydrogen) atoms. The van der Waals surface area contributed by atoms with E-state index in [-0.39, 0.29) is 6.04 Å². The first kappa shape index (κ1) is 14.9. The van der Waals surface area contributed by atoms with Gasteiger partial charge in [-0.2, -0.15) is 0 Å². The molecule has 0 unspecified atom stereocenters. The second kappa shape index (κ2) is 6.32. The highest BCUT2D eigenvalue weighted by molar-refractivity contribution is 7.92. The lowest BCUT2D eigenvalue weighted by atomic mass is 10.1. The van der Waals surface area contributed by atoms with E-state index in [9.17, 15) is 17.6 Å². The van der Waals surface area contributed by atoms with Gasteiger partial charge in [0, 0.05) is 19.3 Å². The van der Waals surface area contributed by atoms with Gasteiger partial charge in [-0.3, -0.25) is 4.79 Å². The molecule has 1 aliphatic heterocycles. The molecule has 0 aromatic heterocycles. The zero-order chi connectivity index (χ0) is 14.6. The number of halogens is 1. The molecule has 5 nitrogen and oxygen atoms in total. The number of carbonyl (C=O) groups excluding carboxylic acids is 1. The average molecular weight is 301 g/mol. The van der Waals surface area contributed by atoms with E-state index >= 15 is 0 Å². The van der Waals surface area contributed by atoms with Crippen LogP contribution in [0.2, 0.25) is 0 Å². The number of benzene rings is 1. The van der Waals surface area contributed by atoms with E-state index in [0.717, 1.165) is 12.1 Å². The topological polar surface area (TPSA) is 72.5 Å². The summed E-state index contributed by atoms with van der Waals surface area (Å²) in [6.07, 6.45) is 1.32. The number of rotatable bonds is 4. The van der Waals surface area contributed by atoms with Crippen molar-refractivity contribution in [2.24, 2.45) is 0 Å². The van der Waals surface area contributed by atoms with Crippen molar-refractivity contribution >= 4 is 15.7 Å². The predicted octanol–water partition coefficient (Wildman–Crippen LogP) is 0.895. The molecule has 1 heterocycles. The zero-order valence-electron chi connectivity index (χ0n) is 10.8. The number of ether oxygens (including phenoxy) is 1. The zero-order valence-corrected chi connectivity index (χ0v) is 11.7. The summed E-state index contributed by atoms with van der Waals surface area (Å²) in [4.78, 5) is 11.3. The Morgan fingerprint density at radius 1 is 1.30 bits per heavy atom. The standard InChI is InChI=1S/C13H16FNO4S/c14-11-3-1-2-4-12(11)20(17,18)9-13(16)15-10-5-7-19-8-6-10/h1-4,10H,5-9H2,(H,15,16). The summed E-state index contributed by atoms with van der Waals surface area (Å²) in [6, 6.07) is 4.96. The third-order valence-corrected chi connectivity index (χ3v) is 4.72. The molecule has 1 aromatic carbocycles. The second-order valence-electron chi connectivity index (χ2n) is 4.64. The molecule has 1 amide bonds. The van der Waals surface area contributed by atoms with Crippen LogP contribution < -0.4 is 5.32 Å². The van der Waals surface area contributed by atoms with Crippen LogP contribution in [-0.2, 0) is 19.4 Å². The maximum Gasteiger partial charge on any atom is 0.235 e. The molecular formula is C13H16FNO4S. The van der Waals surface area contributed by atoms with Gasteiger partial charge in [-0.25, -0.2) is 12.8 Å². The Labute approximate surface area is 117 Å². The van der Waals surface area contributed by atoms with Crippen LogP contribution in [0.4, 0.5) is 4.39 Å². The van der Waals surface area contributed by atoms with Crippen LogP contribution in [0.1, 0.15) is 12.8 Å². The molecule has 1 aliphatic rings. The van der Waals surface area contributed by atoms with Crippen molar-refractivity contribution in [2.75, 3.05) is 19.0 Å². The summed E-state index contributed by atoms with van der Waals surface area (Å²) in [5, 5.41) is 2.64. The Bertz CT molecular complexity index is 582. The van der Waals surface area contributed by atoms with Crippen LogP contribution in [0.15, 0.2) is 29.2 Å². The van der Waals surface area contributed by atoms with E-state index < -0.39 is 32.2 Å². The predicted molar refractivity (Wildman–Crippen MR) is 70.4 cm³/mol. The van der Waals surface area contributed by atoms with Crippen molar-refractivity contribution in [3.05, 3.63) is 30.1 Å². The fraction of sp³-hybridized carbons (Fsp3) is 0.462. The summed E-state index contributed by atoms with van der Waals surface area (Å²) in [5.41, 5.74) is 0. The molecule has 0 saturated carbocycles. The van der Waals surface area contributed by atoms with Gasteiger partial charge in [0.05, 0.1) is 0 Å². The lowest BCUT2D eigenvalue weighted by Gasteiger charge is -2.23. The molecule has 0 aliphatic carbocycles. The Morgan fingerprint density at radius 2 is 1.95 bits per heavy atom. The summed E-state index contributed by atoms with van der Waals surface area (Å²) >= 11 is 0. The number of carbonyl (C=O) groups is 1. The van der Waals surface area contributed by atoms with Gasteiger partial charge in [-0.1, -0.05) is 12.1 Å². The first-order chi connectivity index (χ1) is 9.49. The number of amides is 1. The van der Waals surface area contributed by atoms with Gasteiger partial charge in [0.15, 0.2) is 9.84 Å². The van der Waals surface area contributed by atoms with Crippen LogP contribution in [0.25, 0.3) is 0 Å². The van der Waals surface area contributed by atoms with Crippen LogP contribution in [0.5, 0.6) is 0 Å². The minimum absolute atomic E-state index is 0.0768. The van der Waals surface area contributed by atoms with Gasteiger partial charge in [-0.05, 0) is 25.0 Å². The van der Waals surface area contributed by atoms with E-state index in [0.29, 0.717) is 26.1 Å². The molecular weight excluding hydrogens is 285 g/mol. The first-order valence-electron chi connectivity index (χ1n) is 6.33. The lowest BCUT2D eigenvalue weighted by Crippen LogP contribution is -2.41. The molecule has 1 aromatic rings. The minimum Gasteiger partial charge on any atom is -0.381 e. The largest absolute Gasteiger partial charge is 0.381 e. The highest BCUT2D eigenvalue weighted by Gasteiger charge is 2.24. The fourth-order valence-electron chi connectivity index (χ4n) is 2.06. The maximum atomic E-state index is 13.5. The van der Waals surface area contributed by atoms with Crippen LogP contribution in [0, 0.1) is 5.82 Å². The average Bonchev–Trinajstić information content (AvgIpc) is 2.39. The highest BCUT2D eigenvalue weighted by atomic mass is 32.2. The normalized spacial score (nSPS) is 16.9. The molecule has 1 N–H and O–H groups in total. The van der Waals surface area contributed by atoms with Crippen LogP contribution >= 0.6 is 0 Å². The molecule has 7 heteroatoms. The molecule has 2 rings (SSSR count). The van der Waals surface area contributed by atoms with E-state index in [1.54, 1.807) is 0 Å². The van der Waals surface area contributed by atoms with Gasteiger partial charge in [0.25, 0.3) is 0 Å². The summed E-state index contributed by atoms with van der Waals surface area (Å²) in [6.45, 7) is 1.09. The second-order valence-corrected chi connectivity index (χ2v) is 6.60. The molecule has 0 radical (unpaired) electrons. The smallest absolute Gasteiger partial charge is 0.235 e. The van der Waals surface area contributed by atoms with Crippen molar-refractivity contribution in [3.63, 3.8) is 0 Å². The Morgan fingerprint density at radius 3 is 2.60 bits per heavy atom. The lowest BCUT2D eigenvalue weighted by molar-refractivity contribution is -0.119. The molecule has 110 valence electrons. The van der Waals surface area contributed by atoms with Crippen molar-refractivity contribution in [1.82, 2.24) is 5.32 Å². The van der Waals surface area contributed by atoms with Crippen molar-refractivity contribution in [3.8, 4) is 0 Å². The molecule has 1 fully saturated rings. The molecule has 0 spiro atoms. The minimum atomic E-state index is -3.96. The van der Waals surface area contributed by atoms with E-state index in [1.165, 1.54) is 12.1 Å². The quantitative estimate of drug-likeness (QED) is 0.896. The van der Waals surface area contributed by atoms with Crippen LogP contribution in [-0.4, -0.2) is 39.3 Å². The van der Waals surface area contributed by atoms with Gasteiger partial charge in [0.2, 0.25) is 5.91 Å². The van der Waals surface area contributed by atoms with Crippen molar-refractivity contribution in [1.29, 1.82) is 0 Å². The highest BCUT2D eigenvalue weighted by Crippen LogP contribution is 2.15. The maximum absolute atomic E-state index is 13.5. The first-order valence-corrected chi connectivity index (χ1v) is 7.98.